The molecular formula is C21H20ClN3O3. The van der Waals surface area contributed by atoms with Crippen LogP contribution in [0.4, 0.5) is 0 Å². The van der Waals surface area contributed by atoms with Crippen molar-refractivity contribution in [1.29, 1.82) is 0 Å². The lowest BCUT2D eigenvalue weighted by Gasteiger charge is -2.04. The number of hydrogen-bond acceptors (Lipinski definition) is 4. The van der Waals surface area contributed by atoms with Gasteiger partial charge < -0.3 is 14.7 Å². The van der Waals surface area contributed by atoms with Crippen LogP contribution in [0.2, 0.25) is 5.02 Å². The lowest BCUT2D eigenvalue weighted by molar-refractivity contribution is 0.308. The van der Waals surface area contributed by atoms with E-state index >= 15 is 0 Å². The van der Waals surface area contributed by atoms with Crippen molar-refractivity contribution in [1.82, 2.24) is 15.0 Å². The zero-order valence-electron chi connectivity index (χ0n) is 15.4. The van der Waals surface area contributed by atoms with Crippen LogP contribution in [-0.2, 0) is 0 Å². The van der Waals surface area contributed by atoms with E-state index in [1.807, 2.05) is 0 Å². The van der Waals surface area contributed by atoms with E-state index < -0.39 is 11.1 Å². The van der Waals surface area contributed by atoms with Crippen molar-refractivity contribution in [3.63, 3.8) is 0 Å². The summed E-state index contributed by atoms with van der Waals surface area (Å²) in [6.07, 6.45) is 6.70. The minimum absolute atomic E-state index is 0.125. The van der Waals surface area contributed by atoms with Gasteiger partial charge in [-0.1, -0.05) is 37.1 Å². The van der Waals surface area contributed by atoms with Crippen molar-refractivity contribution in [3.05, 3.63) is 90.3 Å². The van der Waals surface area contributed by atoms with Crippen molar-refractivity contribution >= 4 is 23.8 Å². The second-order valence-corrected chi connectivity index (χ2v) is 6.64. The maximum atomic E-state index is 12.3. The van der Waals surface area contributed by atoms with Gasteiger partial charge in [-0.15, -0.1) is 0 Å². The van der Waals surface area contributed by atoms with Gasteiger partial charge in [0.05, 0.1) is 18.5 Å². The van der Waals surface area contributed by atoms with Crippen LogP contribution < -0.4 is 26.6 Å². The second-order valence-electron chi connectivity index (χ2n) is 6.20. The highest BCUT2D eigenvalue weighted by Gasteiger charge is 1.99. The van der Waals surface area contributed by atoms with Crippen LogP contribution in [0, 0.1) is 0 Å². The molecule has 0 saturated carbocycles. The maximum Gasteiger partial charge on any atom is 0.272 e. The molecule has 0 amide bonds. The maximum absolute atomic E-state index is 12.3. The van der Waals surface area contributed by atoms with E-state index in [1.54, 1.807) is 48.7 Å². The Morgan fingerprint density at radius 2 is 1.82 bits per heavy atom. The summed E-state index contributed by atoms with van der Waals surface area (Å²) in [7, 11) is 0. The normalized spacial score (nSPS) is 12.4. The van der Waals surface area contributed by atoms with E-state index in [0.717, 1.165) is 12.8 Å². The number of aromatic nitrogens is 3. The minimum Gasteiger partial charge on any atom is -0.492 e. The zero-order chi connectivity index (χ0) is 19.9. The van der Waals surface area contributed by atoms with Crippen LogP contribution in [0.5, 0.6) is 5.75 Å². The Hall–Kier alpha value is -3.12. The number of hydrogen-bond donors (Lipinski definition) is 2. The number of aromatic amines is 2. The molecule has 2 heterocycles. The molecule has 0 spiro atoms. The topological polar surface area (TPSA) is 87.8 Å². The fourth-order valence-electron chi connectivity index (χ4n) is 2.50. The molecule has 0 aliphatic rings. The Morgan fingerprint density at radius 3 is 2.46 bits per heavy atom. The van der Waals surface area contributed by atoms with Gasteiger partial charge in [0.25, 0.3) is 11.1 Å². The number of H-pyrrole nitrogens is 2. The number of rotatable bonds is 6. The molecule has 0 unspecified atom stereocenters. The van der Waals surface area contributed by atoms with Gasteiger partial charge in [0, 0.05) is 5.02 Å². The van der Waals surface area contributed by atoms with Crippen molar-refractivity contribution in [2.75, 3.05) is 6.61 Å². The monoisotopic (exact) mass is 397 g/mol. The molecule has 0 aliphatic heterocycles. The first-order valence-electron chi connectivity index (χ1n) is 8.95. The first-order chi connectivity index (χ1) is 13.5. The molecule has 7 heteroatoms. The average Bonchev–Trinajstić information content (AvgIpc) is 2.67. The molecule has 0 atom stereocenters. The standard InChI is InChI=1S/C21H20ClN3O3/c1-2-3-9-28-17-8-7-16(23-13-17)12-19-21(27)24-18(20(26)25-19)11-14-5-4-6-15(22)10-14/h4-8,10-13H,2-3,9H2,1H3,(H,24,27)(H,25,26). The predicted molar refractivity (Wildman–Crippen MR) is 110 cm³/mol. The molecule has 2 aromatic heterocycles. The number of halogens is 1. The van der Waals surface area contributed by atoms with E-state index in [9.17, 15) is 9.59 Å². The van der Waals surface area contributed by atoms with Crippen molar-refractivity contribution in [2.24, 2.45) is 0 Å². The number of ether oxygens (including phenoxy) is 1. The van der Waals surface area contributed by atoms with Gasteiger partial charge in [-0.25, -0.2) is 0 Å². The second kappa shape index (κ2) is 9.19. The molecule has 28 heavy (non-hydrogen) atoms. The Labute approximate surface area is 166 Å². The first kappa shape index (κ1) is 19.6. The third-order valence-corrected chi connectivity index (χ3v) is 4.20. The Bertz CT molecular complexity index is 1180. The molecule has 0 fully saturated rings. The van der Waals surface area contributed by atoms with Crippen molar-refractivity contribution in [3.8, 4) is 5.75 Å². The van der Waals surface area contributed by atoms with Gasteiger partial charge in [-0.05, 0) is 48.4 Å². The fraction of sp³-hybridized carbons (Fsp3) is 0.190. The Balaban J connectivity index is 1.90. The number of nitrogens with one attached hydrogen (secondary N) is 2. The molecule has 6 nitrogen and oxygen atoms in total. The van der Waals surface area contributed by atoms with E-state index in [2.05, 4.69) is 21.9 Å². The summed E-state index contributed by atoms with van der Waals surface area (Å²) < 4.78 is 5.56. The number of unbranched alkanes of at least 4 members (excludes halogenated alkanes) is 1. The van der Waals surface area contributed by atoms with Gasteiger partial charge >= 0.3 is 0 Å². The van der Waals surface area contributed by atoms with Crippen LogP contribution in [0.15, 0.2) is 52.2 Å². The molecule has 1 aromatic carbocycles. The van der Waals surface area contributed by atoms with Crippen LogP contribution in [0.1, 0.15) is 31.0 Å². The highest BCUT2D eigenvalue weighted by atomic mass is 35.5. The van der Waals surface area contributed by atoms with Crippen molar-refractivity contribution < 1.29 is 4.74 Å². The van der Waals surface area contributed by atoms with Gasteiger partial charge in [0.1, 0.15) is 16.4 Å². The highest BCUT2D eigenvalue weighted by molar-refractivity contribution is 6.30. The van der Waals surface area contributed by atoms with E-state index in [-0.39, 0.29) is 10.7 Å². The zero-order valence-corrected chi connectivity index (χ0v) is 16.1. The Morgan fingerprint density at radius 1 is 1.07 bits per heavy atom. The molecule has 3 aromatic rings. The van der Waals surface area contributed by atoms with Crippen LogP contribution in [-0.4, -0.2) is 21.6 Å². The molecule has 0 aliphatic carbocycles. The first-order valence-corrected chi connectivity index (χ1v) is 9.33. The van der Waals surface area contributed by atoms with Gasteiger partial charge in [-0.2, -0.15) is 0 Å². The smallest absolute Gasteiger partial charge is 0.272 e. The quantitative estimate of drug-likeness (QED) is 0.622. The molecule has 144 valence electrons. The predicted octanol–water partition coefficient (Wildman–Crippen LogP) is 1.95. The minimum atomic E-state index is -0.419. The van der Waals surface area contributed by atoms with Crippen LogP contribution in [0.25, 0.3) is 12.2 Å². The van der Waals surface area contributed by atoms with Crippen molar-refractivity contribution in [2.45, 2.75) is 19.8 Å². The van der Waals surface area contributed by atoms with Gasteiger partial charge in [0.15, 0.2) is 0 Å². The SMILES string of the molecule is CCCCOc1ccc(C=c2[nH]c(=O)c(=Cc3cccc(Cl)c3)[nH]c2=O)nc1. The summed E-state index contributed by atoms with van der Waals surface area (Å²) >= 11 is 5.95. The molecular weight excluding hydrogens is 378 g/mol. The lowest BCUT2D eigenvalue weighted by Crippen LogP contribution is -2.46. The van der Waals surface area contributed by atoms with E-state index in [0.29, 0.717) is 28.6 Å². The van der Waals surface area contributed by atoms with Gasteiger partial charge in [0.2, 0.25) is 0 Å². The van der Waals surface area contributed by atoms with E-state index in [1.165, 1.54) is 6.08 Å². The molecule has 3 rings (SSSR count). The molecule has 0 bridgehead atoms. The largest absolute Gasteiger partial charge is 0.492 e. The molecule has 0 saturated heterocycles. The van der Waals surface area contributed by atoms with Gasteiger partial charge in [-0.3, -0.25) is 14.6 Å². The third kappa shape index (κ3) is 5.20. The number of nitrogens with zero attached hydrogens (tertiary/aromatic N) is 1. The Kier molecular flexibility index (Phi) is 6.45. The number of pyridine rings is 1. The summed E-state index contributed by atoms with van der Waals surface area (Å²) in [4.78, 5) is 34.1. The third-order valence-electron chi connectivity index (χ3n) is 3.96. The summed E-state index contributed by atoms with van der Waals surface area (Å²) in [5.41, 5.74) is 0.421. The summed E-state index contributed by atoms with van der Waals surface area (Å²) in [6.45, 7) is 2.73. The van der Waals surface area contributed by atoms with Crippen LogP contribution >= 0.6 is 11.6 Å². The van der Waals surface area contributed by atoms with E-state index in [4.69, 9.17) is 16.3 Å². The average molecular weight is 398 g/mol. The highest BCUT2D eigenvalue weighted by Crippen LogP contribution is 2.11. The molecule has 2 N–H and O–H groups in total. The number of benzene rings is 1. The van der Waals surface area contributed by atoms with Crippen LogP contribution in [0.3, 0.4) is 0 Å². The fourth-order valence-corrected chi connectivity index (χ4v) is 2.70. The lowest BCUT2D eigenvalue weighted by atomic mass is 10.2. The summed E-state index contributed by atoms with van der Waals surface area (Å²) in [6, 6.07) is 10.5. The summed E-state index contributed by atoms with van der Waals surface area (Å²) in [5.74, 6) is 0.666. The molecule has 0 radical (unpaired) electrons. The summed E-state index contributed by atoms with van der Waals surface area (Å²) in [5, 5.41) is 0.822.